The van der Waals surface area contributed by atoms with Gasteiger partial charge in [0.15, 0.2) is 0 Å². The van der Waals surface area contributed by atoms with Crippen LogP contribution in [-0.2, 0) is 9.59 Å². The molecular formula is C11H14N2O2. The molecule has 0 saturated carbocycles. The van der Waals surface area contributed by atoms with E-state index in [2.05, 4.69) is 11.2 Å². The maximum Gasteiger partial charge on any atom is 0.298 e. The van der Waals surface area contributed by atoms with Crippen molar-refractivity contribution in [2.45, 2.75) is 19.3 Å². The van der Waals surface area contributed by atoms with Gasteiger partial charge >= 0.3 is 0 Å². The zero-order chi connectivity index (χ0) is 10.9. The Morgan fingerprint density at radius 1 is 1.47 bits per heavy atom. The van der Waals surface area contributed by atoms with Crippen LogP contribution in [0.5, 0.6) is 0 Å². The van der Waals surface area contributed by atoms with E-state index in [-0.39, 0.29) is 17.2 Å². The fraction of sp³-hybridized carbons (Fsp3) is 0.636. The lowest BCUT2D eigenvalue weighted by atomic mass is 9.77. The van der Waals surface area contributed by atoms with E-state index in [0.717, 1.165) is 19.4 Å². The van der Waals surface area contributed by atoms with E-state index in [0.29, 0.717) is 19.5 Å². The Hall–Kier alpha value is -1.50. The Morgan fingerprint density at radius 3 is 2.60 bits per heavy atom. The van der Waals surface area contributed by atoms with Crippen molar-refractivity contribution in [3.8, 4) is 12.3 Å². The lowest BCUT2D eigenvalue weighted by Gasteiger charge is -2.37. The third-order valence-corrected chi connectivity index (χ3v) is 3.43. The summed E-state index contributed by atoms with van der Waals surface area (Å²) in [5.74, 6) is 2.02. The minimum atomic E-state index is -0.234. The Kier molecular flexibility index (Phi) is 2.39. The number of piperidine rings is 1. The van der Waals surface area contributed by atoms with Gasteiger partial charge in [0.2, 0.25) is 5.91 Å². The van der Waals surface area contributed by atoms with E-state index in [1.807, 2.05) is 0 Å². The molecule has 2 amide bonds. The van der Waals surface area contributed by atoms with Gasteiger partial charge in [-0.15, -0.1) is 6.42 Å². The van der Waals surface area contributed by atoms with Gasteiger partial charge in [-0.05, 0) is 24.2 Å². The standard InChI is InChI=1S/C11H14N2O2/c1-2-10(15)13-5-3-11(4-6-13)7-9(14)12-8-11/h1H,3-8H2,(H,12,14). The minimum Gasteiger partial charge on any atom is -0.356 e. The van der Waals surface area contributed by atoms with Crippen molar-refractivity contribution in [2.24, 2.45) is 5.41 Å². The van der Waals surface area contributed by atoms with Crippen molar-refractivity contribution in [1.82, 2.24) is 10.2 Å². The molecule has 1 N–H and O–H groups in total. The number of nitrogens with one attached hydrogen (secondary N) is 1. The van der Waals surface area contributed by atoms with Crippen LogP contribution in [0, 0.1) is 17.8 Å². The summed E-state index contributed by atoms with van der Waals surface area (Å²) in [5.41, 5.74) is 0.0858. The number of nitrogens with zero attached hydrogens (tertiary/aromatic N) is 1. The van der Waals surface area contributed by atoms with Crippen LogP contribution in [0.2, 0.25) is 0 Å². The van der Waals surface area contributed by atoms with Gasteiger partial charge in [-0.1, -0.05) is 0 Å². The summed E-state index contributed by atoms with van der Waals surface area (Å²) in [7, 11) is 0. The number of hydrogen-bond donors (Lipinski definition) is 1. The van der Waals surface area contributed by atoms with Gasteiger partial charge in [-0.25, -0.2) is 0 Å². The second-order valence-corrected chi connectivity index (χ2v) is 4.39. The van der Waals surface area contributed by atoms with Crippen LogP contribution >= 0.6 is 0 Å². The smallest absolute Gasteiger partial charge is 0.298 e. The summed E-state index contributed by atoms with van der Waals surface area (Å²) in [6, 6.07) is 0. The van der Waals surface area contributed by atoms with Crippen molar-refractivity contribution in [2.75, 3.05) is 19.6 Å². The number of rotatable bonds is 0. The molecule has 2 fully saturated rings. The fourth-order valence-corrected chi connectivity index (χ4v) is 2.38. The number of carbonyl (C=O) groups excluding carboxylic acids is 2. The summed E-state index contributed by atoms with van der Waals surface area (Å²) >= 11 is 0. The second-order valence-electron chi connectivity index (χ2n) is 4.39. The first-order valence-electron chi connectivity index (χ1n) is 5.17. The van der Waals surface area contributed by atoms with Gasteiger partial charge in [0, 0.05) is 26.1 Å². The van der Waals surface area contributed by atoms with E-state index in [1.54, 1.807) is 4.90 Å². The maximum atomic E-state index is 11.2. The Labute approximate surface area is 89.0 Å². The number of carbonyl (C=O) groups is 2. The Bertz CT molecular complexity index is 335. The molecule has 0 aromatic heterocycles. The van der Waals surface area contributed by atoms with Gasteiger partial charge in [-0.2, -0.15) is 0 Å². The molecule has 2 aliphatic heterocycles. The topological polar surface area (TPSA) is 49.4 Å². The van der Waals surface area contributed by atoms with Gasteiger partial charge in [-0.3, -0.25) is 9.59 Å². The van der Waals surface area contributed by atoms with Crippen molar-refractivity contribution < 1.29 is 9.59 Å². The zero-order valence-electron chi connectivity index (χ0n) is 8.58. The average Bonchev–Trinajstić information content (AvgIpc) is 2.60. The molecule has 2 aliphatic rings. The highest BCUT2D eigenvalue weighted by Gasteiger charge is 2.41. The van der Waals surface area contributed by atoms with E-state index >= 15 is 0 Å². The number of terminal acetylenes is 1. The first-order valence-corrected chi connectivity index (χ1v) is 5.17. The normalized spacial score (nSPS) is 23.7. The number of amides is 2. The molecular weight excluding hydrogens is 192 g/mol. The monoisotopic (exact) mass is 206 g/mol. The predicted octanol–water partition coefficient (Wildman–Crippen LogP) is -0.252. The molecule has 0 aromatic rings. The molecule has 0 aromatic carbocycles. The molecule has 0 unspecified atom stereocenters. The Balaban J connectivity index is 1.95. The van der Waals surface area contributed by atoms with E-state index in [4.69, 9.17) is 6.42 Å². The van der Waals surface area contributed by atoms with E-state index < -0.39 is 0 Å². The molecule has 15 heavy (non-hydrogen) atoms. The molecule has 0 atom stereocenters. The highest BCUT2D eigenvalue weighted by molar-refractivity contribution is 5.93. The summed E-state index contributed by atoms with van der Waals surface area (Å²) < 4.78 is 0. The summed E-state index contributed by atoms with van der Waals surface area (Å²) in [6.45, 7) is 2.11. The van der Waals surface area contributed by atoms with Crippen LogP contribution in [0.4, 0.5) is 0 Å². The van der Waals surface area contributed by atoms with Crippen LogP contribution in [0.1, 0.15) is 19.3 Å². The van der Waals surface area contributed by atoms with Crippen LogP contribution in [0.3, 0.4) is 0 Å². The lowest BCUT2D eigenvalue weighted by molar-refractivity contribution is -0.127. The highest BCUT2D eigenvalue weighted by Crippen LogP contribution is 2.37. The first kappa shape index (κ1) is 10.0. The SMILES string of the molecule is C#CC(=O)N1CCC2(CC1)CNC(=O)C2. The van der Waals surface area contributed by atoms with Gasteiger partial charge in [0.1, 0.15) is 0 Å². The fourth-order valence-electron chi connectivity index (χ4n) is 2.38. The second kappa shape index (κ2) is 3.58. The van der Waals surface area contributed by atoms with E-state index in [9.17, 15) is 9.59 Å². The number of likely N-dealkylation sites (tertiary alicyclic amines) is 1. The quantitative estimate of drug-likeness (QED) is 0.555. The average molecular weight is 206 g/mol. The molecule has 2 saturated heterocycles. The summed E-state index contributed by atoms with van der Waals surface area (Å²) in [5, 5.41) is 2.86. The number of hydrogen-bond acceptors (Lipinski definition) is 2. The largest absolute Gasteiger partial charge is 0.356 e. The van der Waals surface area contributed by atoms with Crippen LogP contribution < -0.4 is 5.32 Å². The van der Waals surface area contributed by atoms with Gasteiger partial charge in [0.25, 0.3) is 5.91 Å². The summed E-state index contributed by atoms with van der Waals surface area (Å²) in [4.78, 5) is 24.1. The molecule has 2 rings (SSSR count). The van der Waals surface area contributed by atoms with Crippen molar-refractivity contribution in [3.05, 3.63) is 0 Å². The van der Waals surface area contributed by atoms with Crippen LogP contribution in [0.15, 0.2) is 0 Å². The highest BCUT2D eigenvalue weighted by atomic mass is 16.2. The molecule has 0 bridgehead atoms. The third-order valence-electron chi connectivity index (χ3n) is 3.43. The van der Waals surface area contributed by atoms with Crippen molar-refractivity contribution in [3.63, 3.8) is 0 Å². The van der Waals surface area contributed by atoms with Crippen molar-refractivity contribution in [1.29, 1.82) is 0 Å². The molecule has 0 aliphatic carbocycles. The molecule has 4 heteroatoms. The maximum absolute atomic E-state index is 11.2. The molecule has 1 spiro atoms. The van der Waals surface area contributed by atoms with Crippen molar-refractivity contribution >= 4 is 11.8 Å². The predicted molar refractivity (Wildman–Crippen MR) is 54.7 cm³/mol. The van der Waals surface area contributed by atoms with Gasteiger partial charge < -0.3 is 10.2 Å². The van der Waals surface area contributed by atoms with E-state index in [1.165, 1.54) is 0 Å². The Morgan fingerprint density at radius 2 is 2.13 bits per heavy atom. The van der Waals surface area contributed by atoms with Crippen LogP contribution in [0.25, 0.3) is 0 Å². The summed E-state index contributed by atoms with van der Waals surface area (Å²) in [6.07, 6.45) is 7.41. The molecule has 80 valence electrons. The van der Waals surface area contributed by atoms with Crippen LogP contribution in [-0.4, -0.2) is 36.3 Å². The molecule has 4 nitrogen and oxygen atoms in total. The van der Waals surface area contributed by atoms with Gasteiger partial charge in [0.05, 0.1) is 0 Å². The minimum absolute atomic E-state index is 0.0858. The lowest BCUT2D eigenvalue weighted by Crippen LogP contribution is -2.43. The molecule has 2 heterocycles. The molecule has 0 radical (unpaired) electrons. The first-order chi connectivity index (χ1) is 7.15. The third kappa shape index (κ3) is 1.82. The zero-order valence-corrected chi connectivity index (χ0v) is 8.58.